The molecule has 1 unspecified atom stereocenters. The SMILES string of the molecule is COCC(CO)N=C=S. The molecule has 0 heterocycles. The summed E-state index contributed by atoms with van der Waals surface area (Å²) in [7, 11) is 1.54. The van der Waals surface area contributed by atoms with E-state index in [9.17, 15) is 0 Å². The van der Waals surface area contributed by atoms with E-state index in [1.54, 1.807) is 7.11 Å². The van der Waals surface area contributed by atoms with Crippen LogP contribution in [0.1, 0.15) is 0 Å². The van der Waals surface area contributed by atoms with E-state index in [0.717, 1.165) is 0 Å². The van der Waals surface area contributed by atoms with Crippen molar-refractivity contribution in [3.05, 3.63) is 0 Å². The van der Waals surface area contributed by atoms with Gasteiger partial charge in [-0.05, 0) is 12.2 Å². The number of rotatable bonds is 4. The lowest BCUT2D eigenvalue weighted by Gasteiger charge is -2.03. The minimum absolute atomic E-state index is 0.0442. The van der Waals surface area contributed by atoms with Crippen LogP contribution in [0.15, 0.2) is 4.99 Å². The Morgan fingerprint density at radius 1 is 1.89 bits per heavy atom. The number of thiocarbonyl (C=S) groups is 1. The average Bonchev–Trinajstić information content (AvgIpc) is 1.88. The molecule has 0 aliphatic carbocycles. The molecular weight excluding hydrogens is 138 g/mol. The summed E-state index contributed by atoms with van der Waals surface area (Å²) in [4.78, 5) is 3.62. The van der Waals surface area contributed by atoms with Gasteiger partial charge in [0.15, 0.2) is 0 Å². The summed E-state index contributed by atoms with van der Waals surface area (Å²) in [6, 6.07) is -0.243. The fourth-order valence-corrected chi connectivity index (χ4v) is 0.547. The van der Waals surface area contributed by atoms with Gasteiger partial charge in [-0.2, -0.15) is 0 Å². The number of methoxy groups -OCH3 is 1. The van der Waals surface area contributed by atoms with Crippen molar-refractivity contribution >= 4 is 17.4 Å². The highest BCUT2D eigenvalue weighted by atomic mass is 32.1. The van der Waals surface area contributed by atoms with Gasteiger partial charge in [-0.3, -0.25) is 0 Å². The number of aliphatic hydroxyl groups is 1. The van der Waals surface area contributed by atoms with Gasteiger partial charge < -0.3 is 9.84 Å². The second kappa shape index (κ2) is 5.85. The van der Waals surface area contributed by atoms with E-state index >= 15 is 0 Å². The number of hydrogen-bond donors (Lipinski definition) is 1. The van der Waals surface area contributed by atoms with Gasteiger partial charge in [0.2, 0.25) is 0 Å². The zero-order valence-corrected chi connectivity index (χ0v) is 6.02. The normalized spacial score (nSPS) is 12.2. The van der Waals surface area contributed by atoms with Gasteiger partial charge in [0.1, 0.15) is 6.04 Å². The van der Waals surface area contributed by atoms with Gasteiger partial charge in [-0.25, -0.2) is 4.99 Å². The Hall–Kier alpha value is -0.280. The summed E-state index contributed by atoms with van der Waals surface area (Å²) in [6.07, 6.45) is 0. The van der Waals surface area contributed by atoms with Gasteiger partial charge in [0.25, 0.3) is 0 Å². The van der Waals surface area contributed by atoms with Crippen LogP contribution in [0.2, 0.25) is 0 Å². The largest absolute Gasteiger partial charge is 0.394 e. The molecule has 0 aromatic heterocycles. The molecule has 0 saturated carbocycles. The van der Waals surface area contributed by atoms with Crippen molar-refractivity contribution in [1.82, 2.24) is 0 Å². The monoisotopic (exact) mass is 147 g/mol. The minimum Gasteiger partial charge on any atom is -0.394 e. The fraction of sp³-hybridized carbons (Fsp3) is 0.800. The van der Waals surface area contributed by atoms with Crippen molar-refractivity contribution in [2.45, 2.75) is 6.04 Å². The standard InChI is InChI=1S/C5H9NO2S/c1-8-3-5(2-7)6-4-9/h5,7H,2-3H2,1H3. The molecule has 0 bridgehead atoms. The molecule has 0 amide bonds. The second-order valence-corrected chi connectivity index (χ2v) is 1.69. The molecule has 0 spiro atoms. The molecular formula is C5H9NO2S. The van der Waals surface area contributed by atoms with Gasteiger partial charge in [0, 0.05) is 7.11 Å². The quantitative estimate of drug-likeness (QED) is 0.453. The van der Waals surface area contributed by atoms with E-state index in [2.05, 4.69) is 22.4 Å². The minimum atomic E-state index is -0.243. The molecule has 4 heteroatoms. The zero-order valence-electron chi connectivity index (χ0n) is 5.20. The summed E-state index contributed by atoms with van der Waals surface area (Å²) in [6.45, 7) is 0.345. The van der Waals surface area contributed by atoms with Crippen molar-refractivity contribution in [2.75, 3.05) is 20.3 Å². The lowest BCUT2D eigenvalue weighted by molar-refractivity contribution is 0.147. The highest BCUT2D eigenvalue weighted by Gasteiger charge is 2.00. The number of isothiocyanates is 1. The first-order valence-electron chi connectivity index (χ1n) is 2.52. The predicted molar refractivity (Wildman–Crippen MR) is 37.8 cm³/mol. The van der Waals surface area contributed by atoms with Crippen molar-refractivity contribution in [2.24, 2.45) is 4.99 Å². The average molecular weight is 147 g/mol. The second-order valence-electron chi connectivity index (χ2n) is 1.51. The first-order chi connectivity index (χ1) is 4.35. The molecule has 1 N–H and O–H groups in total. The summed E-state index contributed by atoms with van der Waals surface area (Å²) < 4.78 is 4.71. The summed E-state index contributed by atoms with van der Waals surface area (Å²) in [5.41, 5.74) is 0. The van der Waals surface area contributed by atoms with Gasteiger partial charge >= 0.3 is 0 Å². The number of ether oxygens (including phenoxy) is 1. The Morgan fingerprint density at radius 3 is 2.89 bits per heavy atom. The third-order valence-electron chi connectivity index (χ3n) is 0.805. The molecule has 0 aromatic carbocycles. The molecule has 0 saturated heterocycles. The molecule has 0 radical (unpaired) electrons. The van der Waals surface area contributed by atoms with Crippen LogP contribution >= 0.6 is 12.2 Å². The number of hydrogen-bond acceptors (Lipinski definition) is 4. The van der Waals surface area contributed by atoms with Crippen LogP contribution < -0.4 is 0 Å². The van der Waals surface area contributed by atoms with Crippen LogP contribution in [0.5, 0.6) is 0 Å². The Balaban J connectivity index is 3.53. The van der Waals surface area contributed by atoms with Crippen LogP contribution in [-0.2, 0) is 4.74 Å². The molecule has 9 heavy (non-hydrogen) atoms. The number of aliphatic imine (C=N–C) groups is 1. The summed E-state index contributed by atoms with van der Waals surface area (Å²) in [5.74, 6) is 0. The van der Waals surface area contributed by atoms with Crippen LogP contribution in [0.25, 0.3) is 0 Å². The van der Waals surface area contributed by atoms with Crippen LogP contribution in [0.4, 0.5) is 0 Å². The maximum absolute atomic E-state index is 8.53. The molecule has 0 aliphatic heterocycles. The third-order valence-corrected chi connectivity index (χ3v) is 0.910. The van der Waals surface area contributed by atoms with Crippen molar-refractivity contribution in [3.63, 3.8) is 0 Å². The lowest BCUT2D eigenvalue weighted by atomic mass is 10.4. The van der Waals surface area contributed by atoms with E-state index in [0.29, 0.717) is 6.61 Å². The molecule has 3 nitrogen and oxygen atoms in total. The topological polar surface area (TPSA) is 41.8 Å². The third kappa shape index (κ3) is 4.24. The Bertz CT molecular complexity index is 112. The molecule has 0 aromatic rings. The lowest BCUT2D eigenvalue weighted by Crippen LogP contribution is -2.16. The highest BCUT2D eigenvalue weighted by molar-refractivity contribution is 7.78. The first-order valence-corrected chi connectivity index (χ1v) is 2.92. The molecule has 52 valence electrons. The number of nitrogens with zero attached hydrogens (tertiary/aromatic N) is 1. The Labute approximate surface area is 59.4 Å². The van der Waals surface area contributed by atoms with E-state index in [4.69, 9.17) is 9.84 Å². The summed E-state index contributed by atoms with van der Waals surface area (Å²) in [5, 5.41) is 10.7. The fourth-order valence-electron chi connectivity index (χ4n) is 0.398. The van der Waals surface area contributed by atoms with Gasteiger partial charge in [-0.1, -0.05) is 0 Å². The van der Waals surface area contributed by atoms with E-state index < -0.39 is 0 Å². The van der Waals surface area contributed by atoms with Gasteiger partial charge in [-0.15, -0.1) is 0 Å². The summed E-state index contributed by atoms with van der Waals surface area (Å²) >= 11 is 4.33. The zero-order chi connectivity index (χ0) is 7.11. The van der Waals surface area contributed by atoms with Crippen LogP contribution in [0.3, 0.4) is 0 Å². The first kappa shape index (κ1) is 8.72. The maximum Gasteiger partial charge on any atom is 0.107 e. The van der Waals surface area contributed by atoms with E-state index in [1.165, 1.54) is 0 Å². The van der Waals surface area contributed by atoms with Crippen LogP contribution in [0, 0.1) is 0 Å². The number of aliphatic hydroxyl groups excluding tert-OH is 1. The predicted octanol–water partition coefficient (Wildman–Crippen LogP) is 0.0965. The van der Waals surface area contributed by atoms with Crippen molar-refractivity contribution in [3.8, 4) is 0 Å². The molecule has 0 aliphatic rings. The highest BCUT2D eigenvalue weighted by Crippen LogP contribution is 1.87. The molecule has 0 rings (SSSR count). The van der Waals surface area contributed by atoms with Crippen molar-refractivity contribution in [1.29, 1.82) is 0 Å². The van der Waals surface area contributed by atoms with E-state index in [-0.39, 0.29) is 12.6 Å². The van der Waals surface area contributed by atoms with Gasteiger partial charge in [0.05, 0.1) is 18.4 Å². The van der Waals surface area contributed by atoms with Crippen molar-refractivity contribution < 1.29 is 9.84 Å². The Kier molecular flexibility index (Phi) is 5.67. The Morgan fingerprint density at radius 2 is 2.56 bits per heavy atom. The van der Waals surface area contributed by atoms with E-state index in [1.807, 2.05) is 0 Å². The molecule has 0 fully saturated rings. The van der Waals surface area contributed by atoms with Crippen LogP contribution in [-0.4, -0.2) is 36.6 Å². The maximum atomic E-state index is 8.53. The molecule has 1 atom stereocenters. The smallest absolute Gasteiger partial charge is 0.107 e.